The molecule has 0 fully saturated rings. The van der Waals surface area contributed by atoms with Gasteiger partial charge in [0.2, 0.25) is 0 Å². The van der Waals surface area contributed by atoms with Gasteiger partial charge >= 0.3 is 5.97 Å². The summed E-state index contributed by atoms with van der Waals surface area (Å²) in [5.41, 5.74) is 3.64. The summed E-state index contributed by atoms with van der Waals surface area (Å²) in [5.74, 6) is -0.817. The Morgan fingerprint density at radius 1 is 1.17 bits per heavy atom. The summed E-state index contributed by atoms with van der Waals surface area (Å²) in [6, 6.07) is 10.2. The standard InChI is InChI=1S/C21H23NO2/c1-21(2)11-6-9-17(10-12-21)18-14-22(15-19(18)20(23)24)13-16-7-4-3-5-8-16/h3-12H,13-15H2,1-2H3,(H,23,24). The van der Waals surface area contributed by atoms with Crippen LogP contribution in [0.25, 0.3) is 0 Å². The summed E-state index contributed by atoms with van der Waals surface area (Å²) in [7, 11) is 0. The molecule has 0 spiro atoms. The predicted octanol–water partition coefficient (Wildman–Crippen LogP) is 3.96. The lowest BCUT2D eigenvalue weighted by molar-refractivity contribution is -0.132. The molecule has 0 saturated heterocycles. The Morgan fingerprint density at radius 3 is 2.62 bits per heavy atom. The van der Waals surface area contributed by atoms with Crippen molar-refractivity contribution in [3.8, 4) is 0 Å². The van der Waals surface area contributed by atoms with Gasteiger partial charge in [0.05, 0.1) is 5.57 Å². The van der Waals surface area contributed by atoms with Gasteiger partial charge in [-0.3, -0.25) is 4.90 Å². The van der Waals surface area contributed by atoms with Gasteiger partial charge in [-0.1, -0.05) is 74.6 Å². The van der Waals surface area contributed by atoms with Crippen LogP contribution < -0.4 is 0 Å². The maximum atomic E-state index is 11.7. The van der Waals surface area contributed by atoms with Crippen LogP contribution in [-0.2, 0) is 11.3 Å². The lowest BCUT2D eigenvalue weighted by Crippen LogP contribution is -2.22. The molecule has 0 aromatic heterocycles. The second-order valence-corrected chi connectivity index (χ2v) is 7.03. The van der Waals surface area contributed by atoms with Gasteiger partial charge in [-0.15, -0.1) is 0 Å². The molecule has 124 valence electrons. The van der Waals surface area contributed by atoms with Gasteiger partial charge in [-0.25, -0.2) is 4.79 Å². The Kier molecular flexibility index (Phi) is 4.54. The fourth-order valence-electron chi connectivity index (χ4n) is 3.13. The monoisotopic (exact) mass is 321 g/mol. The third-order valence-corrected chi connectivity index (χ3v) is 4.48. The van der Waals surface area contributed by atoms with Crippen molar-refractivity contribution in [3.63, 3.8) is 0 Å². The molecule has 1 aromatic carbocycles. The van der Waals surface area contributed by atoms with E-state index in [-0.39, 0.29) is 5.41 Å². The molecule has 3 heteroatoms. The van der Waals surface area contributed by atoms with Crippen LogP contribution >= 0.6 is 0 Å². The van der Waals surface area contributed by atoms with Gasteiger partial charge in [0.15, 0.2) is 0 Å². The third kappa shape index (κ3) is 3.74. The molecule has 1 aromatic rings. The SMILES string of the molecule is CC1(C)C=CC=C(C2=C(C(=O)O)CN(Cc3ccccc3)C2)C=C1. The first-order chi connectivity index (χ1) is 11.4. The van der Waals surface area contributed by atoms with Crippen molar-refractivity contribution >= 4 is 5.97 Å². The van der Waals surface area contributed by atoms with Crippen molar-refractivity contribution in [2.45, 2.75) is 20.4 Å². The van der Waals surface area contributed by atoms with E-state index < -0.39 is 5.97 Å². The number of nitrogens with zero attached hydrogens (tertiary/aromatic N) is 1. The summed E-state index contributed by atoms with van der Waals surface area (Å²) >= 11 is 0. The molecule has 0 unspecified atom stereocenters. The highest BCUT2D eigenvalue weighted by atomic mass is 16.4. The van der Waals surface area contributed by atoms with Crippen LogP contribution in [-0.4, -0.2) is 29.1 Å². The molecule has 3 rings (SSSR count). The van der Waals surface area contributed by atoms with Gasteiger partial charge in [-0.2, -0.15) is 0 Å². The summed E-state index contributed by atoms with van der Waals surface area (Å²) in [6.45, 7) is 6.19. The Morgan fingerprint density at radius 2 is 1.92 bits per heavy atom. The molecule has 2 aliphatic rings. The molecule has 3 nitrogen and oxygen atoms in total. The number of hydrogen-bond donors (Lipinski definition) is 1. The summed E-state index contributed by atoms with van der Waals surface area (Å²) in [5, 5.41) is 9.62. The predicted molar refractivity (Wildman–Crippen MR) is 96.5 cm³/mol. The van der Waals surface area contributed by atoms with Gasteiger partial charge in [0.1, 0.15) is 0 Å². The molecule has 0 bridgehead atoms. The summed E-state index contributed by atoms with van der Waals surface area (Å²) in [6.07, 6.45) is 10.4. The Balaban J connectivity index is 1.83. The van der Waals surface area contributed by atoms with Crippen molar-refractivity contribution < 1.29 is 9.90 Å². The number of carboxylic acids is 1. The Labute approximate surface area is 143 Å². The number of rotatable bonds is 4. The highest BCUT2D eigenvalue weighted by molar-refractivity contribution is 5.90. The molecule has 1 aliphatic heterocycles. The Hall–Kier alpha value is -2.39. The first-order valence-electron chi connectivity index (χ1n) is 8.25. The Bertz CT molecular complexity index is 751. The lowest BCUT2D eigenvalue weighted by atomic mass is 9.92. The van der Waals surface area contributed by atoms with Crippen molar-refractivity contribution in [1.82, 2.24) is 4.90 Å². The molecule has 0 saturated carbocycles. The number of carbonyl (C=O) groups is 1. The van der Waals surface area contributed by atoms with E-state index in [2.05, 4.69) is 49.1 Å². The van der Waals surface area contributed by atoms with Crippen molar-refractivity contribution in [2.75, 3.05) is 13.1 Å². The highest BCUT2D eigenvalue weighted by Gasteiger charge is 2.28. The molecular weight excluding hydrogens is 298 g/mol. The minimum absolute atomic E-state index is 0.00940. The highest BCUT2D eigenvalue weighted by Crippen LogP contribution is 2.30. The van der Waals surface area contributed by atoms with Gasteiger partial charge in [0, 0.05) is 25.0 Å². The molecule has 0 radical (unpaired) electrons. The lowest BCUT2D eigenvalue weighted by Gasteiger charge is -2.16. The number of benzene rings is 1. The van der Waals surface area contributed by atoms with E-state index in [0.717, 1.165) is 17.7 Å². The van der Waals surface area contributed by atoms with E-state index in [4.69, 9.17) is 0 Å². The number of aliphatic carboxylic acids is 1. The van der Waals surface area contributed by atoms with Crippen LogP contribution in [0.1, 0.15) is 19.4 Å². The van der Waals surface area contributed by atoms with E-state index in [1.807, 2.05) is 30.4 Å². The van der Waals surface area contributed by atoms with E-state index in [0.29, 0.717) is 18.7 Å². The van der Waals surface area contributed by atoms with Crippen LogP contribution in [0, 0.1) is 5.41 Å². The zero-order valence-corrected chi connectivity index (χ0v) is 14.2. The molecule has 0 atom stereocenters. The largest absolute Gasteiger partial charge is 0.478 e. The number of allylic oxidation sites excluding steroid dienone is 5. The quantitative estimate of drug-likeness (QED) is 0.912. The molecule has 24 heavy (non-hydrogen) atoms. The fraction of sp³-hybridized carbons (Fsp3) is 0.286. The average molecular weight is 321 g/mol. The molecule has 1 heterocycles. The van der Waals surface area contributed by atoms with Crippen molar-refractivity contribution in [3.05, 3.63) is 83.0 Å². The minimum Gasteiger partial charge on any atom is -0.478 e. The summed E-state index contributed by atoms with van der Waals surface area (Å²) < 4.78 is 0. The minimum atomic E-state index is -0.817. The molecule has 1 N–H and O–H groups in total. The van der Waals surface area contributed by atoms with Crippen LogP contribution in [0.3, 0.4) is 0 Å². The second kappa shape index (κ2) is 6.62. The van der Waals surface area contributed by atoms with Gasteiger partial charge in [0.25, 0.3) is 0 Å². The number of carboxylic acid groups (broad SMARTS) is 1. The maximum absolute atomic E-state index is 11.7. The van der Waals surface area contributed by atoms with Crippen molar-refractivity contribution in [2.24, 2.45) is 5.41 Å². The summed E-state index contributed by atoms with van der Waals surface area (Å²) in [4.78, 5) is 13.9. The van der Waals surface area contributed by atoms with E-state index in [1.165, 1.54) is 5.56 Å². The molecule has 1 aliphatic carbocycles. The van der Waals surface area contributed by atoms with E-state index in [1.54, 1.807) is 0 Å². The first kappa shape index (κ1) is 16.5. The fourth-order valence-corrected chi connectivity index (χ4v) is 3.13. The maximum Gasteiger partial charge on any atom is 0.333 e. The first-order valence-corrected chi connectivity index (χ1v) is 8.25. The number of hydrogen-bond acceptors (Lipinski definition) is 2. The van der Waals surface area contributed by atoms with E-state index in [9.17, 15) is 9.90 Å². The zero-order chi connectivity index (χ0) is 17.2. The van der Waals surface area contributed by atoms with Gasteiger partial charge in [-0.05, 0) is 16.7 Å². The van der Waals surface area contributed by atoms with Crippen LogP contribution in [0.5, 0.6) is 0 Å². The van der Waals surface area contributed by atoms with Crippen molar-refractivity contribution in [1.29, 1.82) is 0 Å². The molecule has 0 amide bonds. The third-order valence-electron chi connectivity index (χ3n) is 4.48. The normalized spacial score (nSPS) is 20.2. The topological polar surface area (TPSA) is 40.5 Å². The smallest absolute Gasteiger partial charge is 0.333 e. The van der Waals surface area contributed by atoms with Gasteiger partial charge < -0.3 is 5.11 Å². The van der Waals surface area contributed by atoms with Crippen LogP contribution in [0.2, 0.25) is 0 Å². The zero-order valence-electron chi connectivity index (χ0n) is 14.2. The average Bonchev–Trinajstić information content (AvgIpc) is 2.86. The van der Waals surface area contributed by atoms with Crippen LogP contribution in [0.15, 0.2) is 77.4 Å². The molecular formula is C21H23NO2. The van der Waals surface area contributed by atoms with Crippen LogP contribution in [0.4, 0.5) is 0 Å². The second-order valence-electron chi connectivity index (χ2n) is 7.03. The van der Waals surface area contributed by atoms with E-state index >= 15 is 0 Å².